The lowest BCUT2D eigenvalue weighted by molar-refractivity contribution is -0.384. The second kappa shape index (κ2) is 9.41. The summed E-state index contributed by atoms with van der Waals surface area (Å²) in [5.41, 5.74) is 0.0239. The van der Waals surface area contributed by atoms with E-state index >= 15 is 0 Å². The molecule has 1 aromatic heterocycles. The molecule has 2 N–H and O–H groups in total. The van der Waals surface area contributed by atoms with Crippen LogP contribution in [-0.2, 0) is 0 Å². The minimum Gasteiger partial charge on any atom is -0.370 e. The van der Waals surface area contributed by atoms with E-state index in [-0.39, 0.29) is 5.69 Å². The molecular weight excluding hydrogens is 276 g/mol. The quantitative estimate of drug-likeness (QED) is 0.391. The van der Waals surface area contributed by atoms with Crippen molar-refractivity contribution in [2.45, 2.75) is 26.2 Å². The number of hydrogen-bond donors (Lipinski definition) is 2. The van der Waals surface area contributed by atoms with Crippen LogP contribution in [0.15, 0.2) is 12.1 Å². The van der Waals surface area contributed by atoms with Gasteiger partial charge in [0.05, 0.1) is 4.92 Å². The molecule has 0 atom stereocenters. The van der Waals surface area contributed by atoms with Crippen LogP contribution >= 0.6 is 11.8 Å². The number of rotatable bonds is 10. The highest BCUT2D eigenvalue weighted by Gasteiger charge is 2.15. The molecule has 7 heteroatoms. The first-order chi connectivity index (χ1) is 9.69. The molecule has 0 aromatic carbocycles. The number of nitro groups is 1. The molecule has 0 amide bonds. The van der Waals surface area contributed by atoms with Crippen molar-refractivity contribution in [2.75, 3.05) is 35.7 Å². The summed E-state index contributed by atoms with van der Waals surface area (Å²) >= 11 is 1.84. The summed E-state index contributed by atoms with van der Waals surface area (Å²) in [6.07, 6.45) is 5.38. The average molecular weight is 298 g/mol. The Morgan fingerprint density at radius 2 is 2.10 bits per heavy atom. The van der Waals surface area contributed by atoms with Crippen LogP contribution in [0, 0.1) is 10.1 Å². The van der Waals surface area contributed by atoms with Crippen LogP contribution in [0.5, 0.6) is 0 Å². The van der Waals surface area contributed by atoms with Crippen molar-refractivity contribution in [1.29, 1.82) is 0 Å². The van der Waals surface area contributed by atoms with Crippen molar-refractivity contribution in [1.82, 2.24) is 4.98 Å². The Kier molecular flexibility index (Phi) is 7.79. The molecule has 0 saturated carbocycles. The summed E-state index contributed by atoms with van der Waals surface area (Å²) in [6.45, 7) is 3.40. The van der Waals surface area contributed by atoms with Crippen molar-refractivity contribution in [3.8, 4) is 0 Å². The zero-order chi connectivity index (χ0) is 14.8. The van der Waals surface area contributed by atoms with Crippen molar-refractivity contribution in [2.24, 2.45) is 0 Å². The number of pyridine rings is 1. The fourth-order valence-electron chi connectivity index (χ4n) is 1.76. The Morgan fingerprint density at radius 3 is 2.75 bits per heavy atom. The molecule has 0 aliphatic rings. The van der Waals surface area contributed by atoms with E-state index in [1.54, 1.807) is 6.07 Å². The number of nitrogens with zero attached hydrogens (tertiary/aromatic N) is 2. The minimum absolute atomic E-state index is 0.0239. The van der Waals surface area contributed by atoms with E-state index in [2.05, 4.69) is 21.9 Å². The van der Waals surface area contributed by atoms with Crippen molar-refractivity contribution in [3.63, 3.8) is 0 Å². The zero-order valence-electron chi connectivity index (χ0n) is 12.0. The van der Waals surface area contributed by atoms with Gasteiger partial charge in [0.25, 0.3) is 0 Å². The lowest BCUT2D eigenvalue weighted by atomic mass is 10.2. The van der Waals surface area contributed by atoms with Crippen molar-refractivity contribution >= 4 is 29.1 Å². The summed E-state index contributed by atoms with van der Waals surface area (Å²) in [7, 11) is 0. The lowest BCUT2D eigenvalue weighted by Gasteiger charge is -2.08. The van der Waals surface area contributed by atoms with Crippen LogP contribution in [0.1, 0.15) is 26.2 Å². The first-order valence-corrected chi connectivity index (χ1v) is 8.20. The highest BCUT2D eigenvalue weighted by atomic mass is 32.2. The van der Waals surface area contributed by atoms with Crippen LogP contribution in [0.3, 0.4) is 0 Å². The number of nitrogens with one attached hydrogen (secondary N) is 2. The van der Waals surface area contributed by atoms with Gasteiger partial charge in [-0.1, -0.05) is 6.42 Å². The maximum Gasteiger partial charge on any atom is 0.311 e. The van der Waals surface area contributed by atoms with Crippen LogP contribution in [0.25, 0.3) is 0 Å². The Balaban J connectivity index is 2.56. The Labute approximate surface area is 123 Å². The lowest BCUT2D eigenvalue weighted by Crippen LogP contribution is -2.08. The summed E-state index contributed by atoms with van der Waals surface area (Å²) < 4.78 is 0. The third-order valence-corrected chi connectivity index (χ3v) is 3.44. The maximum atomic E-state index is 11.0. The van der Waals surface area contributed by atoms with Gasteiger partial charge in [-0.05, 0) is 37.8 Å². The minimum atomic E-state index is -0.404. The van der Waals surface area contributed by atoms with E-state index < -0.39 is 4.92 Å². The first-order valence-electron chi connectivity index (χ1n) is 6.81. The van der Waals surface area contributed by atoms with Gasteiger partial charge < -0.3 is 10.6 Å². The standard InChI is InChI=1S/C13H22N4O2S/c1-3-14-12-8-7-11(17(18)19)13(16-12)15-9-5-4-6-10-20-2/h7-8H,3-6,9-10H2,1-2H3,(H2,14,15,16). The van der Waals surface area contributed by atoms with E-state index in [0.717, 1.165) is 25.1 Å². The maximum absolute atomic E-state index is 11.0. The molecule has 0 fully saturated rings. The van der Waals surface area contributed by atoms with E-state index in [9.17, 15) is 10.1 Å². The molecule has 1 heterocycles. The van der Waals surface area contributed by atoms with E-state index in [0.29, 0.717) is 18.2 Å². The SMILES string of the molecule is CCNc1ccc([N+](=O)[O-])c(NCCCCCSC)n1. The number of unbranched alkanes of at least 4 members (excludes halogenated alkanes) is 2. The molecule has 1 aromatic rings. The van der Waals surface area contributed by atoms with Gasteiger partial charge in [-0.3, -0.25) is 10.1 Å². The monoisotopic (exact) mass is 298 g/mol. The highest BCUT2D eigenvalue weighted by molar-refractivity contribution is 7.98. The van der Waals surface area contributed by atoms with Crippen molar-refractivity contribution < 1.29 is 4.92 Å². The van der Waals surface area contributed by atoms with Crippen LogP contribution < -0.4 is 10.6 Å². The molecule has 20 heavy (non-hydrogen) atoms. The summed E-state index contributed by atoms with van der Waals surface area (Å²) in [5, 5.41) is 17.1. The van der Waals surface area contributed by atoms with E-state index in [4.69, 9.17) is 0 Å². The van der Waals surface area contributed by atoms with Gasteiger partial charge in [-0.25, -0.2) is 4.98 Å². The average Bonchev–Trinajstić information content (AvgIpc) is 2.43. The normalized spacial score (nSPS) is 10.3. The predicted molar refractivity (Wildman–Crippen MR) is 85.8 cm³/mol. The molecule has 1 rings (SSSR count). The van der Waals surface area contributed by atoms with Gasteiger partial charge in [0.15, 0.2) is 0 Å². The Hall–Kier alpha value is -1.50. The summed E-state index contributed by atoms with van der Waals surface area (Å²) in [4.78, 5) is 14.8. The van der Waals surface area contributed by atoms with Gasteiger partial charge in [-0.15, -0.1) is 0 Å². The smallest absolute Gasteiger partial charge is 0.311 e. The second-order valence-corrected chi connectivity index (χ2v) is 5.32. The molecular formula is C13H22N4O2S. The molecule has 0 bridgehead atoms. The van der Waals surface area contributed by atoms with Crippen LogP contribution in [-0.4, -0.2) is 35.0 Å². The first kappa shape index (κ1) is 16.6. The molecule has 0 aliphatic heterocycles. The molecule has 0 saturated heterocycles. The topological polar surface area (TPSA) is 80.1 Å². The van der Waals surface area contributed by atoms with E-state index in [1.165, 1.54) is 12.5 Å². The molecule has 0 spiro atoms. The second-order valence-electron chi connectivity index (χ2n) is 4.33. The molecule has 0 unspecified atom stereocenters. The number of anilines is 2. The van der Waals surface area contributed by atoms with Gasteiger partial charge in [0, 0.05) is 19.2 Å². The van der Waals surface area contributed by atoms with E-state index in [1.807, 2.05) is 18.7 Å². The highest BCUT2D eigenvalue weighted by Crippen LogP contribution is 2.23. The zero-order valence-corrected chi connectivity index (χ0v) is 12.8. The summed E-state index contributed by atoms with van der Waals surface area (Å²) in [5.74, 6) is 2.16. The van der Waals surface area contributed by atoms with Gasteiger partial charge in [0.1, 0.15) is 5.82 Å². The number of aromatic nitrogens is 1. The largest absolute Gasteiger partial charge is 0.370 e. The molecule has 6 nitrogen and oxygen atoms in total. The Morgan fingerprint density at radius 1 is 1.30 bits per heavy atom. The van der Waals surface area contributed by atoms with Crippen LogP contribution in [0.4, 0.5) is 17.3 Å². The molecule has 0 aliphatic carbocycles. The van der Waals surface area contributed by atoms with Gasteiger partial charge in [0.2, 0.25) is 5.82 Å². The molecule has 0 radical (unpaired) electrons. The Bertz CT molecular complexity index is 429. The third-order valence-electron chi connectivity index (χ3n) is 2.75. The summed E-state index contributed by atoms with van der Waals surface area (Å²) in [6, 6.07) is 3.12. The fourth-order valence-corrected chi connectivity index (χ4v) is 2.26. The fraction of sp³-hybridized carbons (Fsp3) is 0.615. The van der Waals surface area contributed by atoms with Crippen LogP contribution in [0.2, 0.25) is 0 Å². The number of hydrogen-bond acceptors (Lipinski definition) is 6. The third kappa shape index (κ3) is 5.64. The van der Waals surface area contributed by atoms with Gasteiger partial charge >= 0.3 is 5.69 Å². The van der Waals surface area contributed by atoms with Gasteiger partial charge in [-0.2, -0.15) is 11.8 Å². The van der Waals surface area contributed by atoms with Crippen molar-refractivity contribution in [3.05, 3.63) is 22.2 Å². The predicted octanol–water partition coefficient (Wildman–Crippen LogP) is 3.37. The number of thioether (sulfide) groups is 1. The molecule has 112 valence electrons.